The third kappa shape index (κ3) is 4.58. The molecule has 10 heteroatoms. The first-order valence-corrected chi connectivity index (χ1v) is 11.4. The predicted molar refractivity (Wildman–Crippen MR) is 121 cm³/mol. The van der Waals surface area contributed by atoms with Crippen LogP contribution >= 0.6 is 11.6 Å². The standard InChI is InChI=1S/C22H18ClFN4O3S/c1-13(21-26-18-4-2-3-5-19(18)27-21)25-22(29)14-6-11-17(23)20(12-14)32(30,31)28-16-9-7-15(24)8-10-16/h2-13,28H,1H3,(H,25,29)(H,26,27). The first-order chi connectivity index (χ1) is 15.2. The highest BCUT2D eigenvalue weighted by molar-refractivity contribution is 7.92. The third-order valence-corrected chi connectivity index (χ3v) is 6.61. The number of halogens is 2. The van der Waals surface area contributed by atoms with E-state index < -0.39 is 27.8 Å². The van der Waals surface area contributed by atoms with Gasteiger partial charge in [0.05, 0.1) is 22.1 Å². The van der Waals surface area contributed by atoms with Crippen LogP contribution in [-0.4, -0.2) is 24.3 Å². The second-order valence-electron chi connectivity index (χ2n) is 7.09. The maximum atomic E-state index is 13.1. The second kappa shape index (κ2) is 8.60. The summed E-state index contributed by atoms with van der Waals surface area (Å²) in [6, 6.07) is 15.8. The summed E-state index contributed by atoms with van der Waals surface area (Å²) in [4.78, 5) is 20.1. The largest absolute Gasteiger partial charge is 0.342 e. The molecule has 3 N–H and O–H groups in total. The van der Waals surface area contributed by atoms with E-state index >= 15 is 0 Å². The lowest BCUT2D eigenvalue weighted by atomic mass is 10.2. The van der Waals surface area contributed by atoms with Crippen LogP contribution in [0.1, 0.15) is 29.1 Å². The summed E-state index contributed by atoms with van der Waals surface area (Å²) in [6.45, 7) is 1.76. The first-order valence-electron chi connectivity index (χ1n) is 9.56. The zero-order valence-electron chi connectivity index (χ0n) is 16.8. The van der Waals surface area contributed by atoms with Crippen molar-refractivity contribution in [3.8, 4) is 0 Å². The number of benzene rings is 3. The van der Waals surface area contributed by atoms with E-state index in [1.54, 1.807) is 6.92 Å². The fourth-order valence-electron chi connectivity index (χ4n) is 3.10. The van der Waals surface area contributed by atoms with Gasteiger partial charge < -0.3 is 10.3 Å². The number of H-pyrrole nitrogens is 1. The minimum atomic E-state index is -4.11. The molecular weight excluding hydrogens is 455 g/mol. The summed E-state index contributed by atoms with van der Waals surface area (Å²) in [6.07, 6.45) is 0. The van der Waals surface area contributed by atoms with E-state index in [0.29, 0.717) is 5.82 Å². The topological polar surface area (TPSA) is 104 Å². The fourth-order valence-corrected chi connectivity index (χ4v) is 4.69. The Morgan fingerprint density at radius 2 is 1.81 bits per heavy atom. The van der Waals surface area contributed by atoms with Crippen LogP contribution in [0, 0.1) is 5.82 Å². The van der Waals surface area contributed by atoms with E-state index in [2.05, 4.69) is 20.0 Å². The number of para-hydroxylation sites is 2. The van der Waals surface area contributed by atoms with Crippen molar-refractivity contribution >= 4 is 44.3 Å². The molecule has 1 aromatic heterocycles. The number of amides is 1. The van der Waals surface area contributed by atoms with Gasteiger partial charge in [0.15, 0.2) is 0 Å². The van der Waals surface area contributed by atoms with Gasteiger partial charge in [0, 0.05) is 11.3 Å². The lowest BCUT2D eigenvalue weighted by molar-refractivity contribution is 0.0938. The number of fused-ring (bicyclic) bond motifs is 1. The van der Waals surface area contributed by atoms with Crippen LogP contribution in [0.2, 0.25) is 5.02 Å². The van der Waals surface area contributed by atoms with Crippen LogP contribution in [0.15, 0.2) is 71.6 Å². The lowest BCUT2D eigenvalue weighted by Gasteiger charge is -2.14. The average molecular weight is 473 g/mol. The molecule has 1 atom stereocenters. The number of sulfonamides is 1. The Labute approximate surface area is 188 Å². The summed E-state index contributed by atoms with van der Waals surface area (Å²) < 4.78 is 41.0. The van der Waals surface area contributed by atoms with Crippen LogP contribution in [0.5, 0.6) is 0 Å². The van der Waals surface area contributed by atoms with Crippen molar-refractivity contribution in [3.05, 3.63) is 89.0 Å². The molecule has 1 amide bonds. The van der Waals surface area contributed by atoms with Gasteiger partial charge in [-0.05, 0) is 61.5 Å². The first kappa shape index (κ1) is 21.8. The minimum absolute atomic E-state index is 0.0542. The van der Waals surface area contributed by atoms with Gasteiger partial charge in [-0.1, -0.05) is 23.7 Å². The van der Waals surface area contributed by atoms with Crippen molar-refractivity contribution < 1.29 is 17.6 Å². The third-order valence-electron chi connectivity index (χ3n) is 4.74. The van der Waals surface area contributed by atoms with Crippen molar-refractivity contribution in [1.29, 1.82) is 0 Å². The Balaban J connectivity index is 1.55. The van der Waals surface area contributed by atoms with Gasteiger partial charge in [-0.2, -0.15) is 0 Å². The van der Waals surface area contributed by atoms with Gasteiger partial charge in [-0.3, -0.25) is 9.52 Å². The number of hydrogen-bond donors (Lipinski definition) is 3. The summed E-state index contributed by atoms with van der Waals surface area (Å²) in [5, 5.41) is 2.74. The molecule has 0 spiro atoms. The van der Waals surface area contributed by atoms with E-state index in [-0.39, 0.29) is 21.2 Å². The molecule has 0 radical (unpaired) electrons. The van der Waals surface area contributed by atoms with Gasteiger partial charge in [0.1, 0.15) is 16.5 Å². The van der Waals surface area contributed by atoms with E-state index in [0.717, 1.165) is 23.2 Å². The summed E-state index contributed by atoms with van der Waals surface area (Å²) >= 11 is 6.10. The SMILES string of the molecule is CC(NC(=O)c1ccc(Cl)c(S(=O)(=O)Nc2ccc(F)cc2)c1)c1nc2ccccc2[nH]1. The smallest absolute Gasteiger partial charge is 0.263 e. The molecule has 4 aromatic rings. The molecule has 32 heavy (non-hydrogen) atoms. The molecule has 0 saturated carbocycles. The number of imidazole rings is 1. The lowest BCUT2D eigenvalue weighted by Crippen LogP contribution is -2.27. The van der Waals surface area contributed by atoms with Crippen LogP contribution in [0.25, 0.3) is 11.0 Å². The van der Waals surface area contributed by atoms with E-state index in [9.17, 15) is 17.6 Å². The van der Waals surface area contributed by atoms with Gasteiger partial charge in [-0.25, -0.2) is 17.8 Å². The quantitative estimate of drug-likeness (QED) is 0.380. The Morgan fingerprint density at radius 3 is 2.53 bits per heavy atom. The molecule has 4 rings (SSSR count). The Kier molecular flexibility index (Phi) is 5.86. The van der Waals surface area contributed by atoms with Crippen molar-refractivity contribution in [1.82, 2.24) is 15.3 Å². The zero-order chi connectivity index (χ0) is 22.9. The molecule has 0 aliphatic heterocycles. The number of aromatic nitrogens is 2. The maximum absolute atomic E-state index is 13.1. The molecule has 0 aliphatic rings. The normalized spacial score (nSPS) is 12.5. The van der Waals surface area contributed by atoms with E-state index in [1.165, 1.54) is 30.3 Å². The predicted octanol–water partition coefficient (Wildman–Crippen LogP) is 4.65. The Hall–Kier alpha value is -3.43. The van der Waals surface area contributed by atoms with Gasteiger partial charge in [0.25, 0.3) is 15.9 Å². The molecule has 3 aromatic carbocycles. The highest BCUT2D eigenvalue weighted by Gasteiger charge is 2.22. The monoisotopic (exact) mass is 472 g/mol. The number of carbonyl (C=O) groups excluding carboxylic acids is 1. The number of nitrogens with one attached hydrogen (secondary N) is 3. The van der Waals surface area contributed by atoms with Gasteiger partial charge >= 0.3 is 0 Å². The number of anilines is 1. The number of rotatable bonds is 6. The van der Waals surface area contributed by atoms with Crippen LogP contribution in [-0.2, 0) is 10.0 Å². The number of nitrogens with zero attached hydrogens (tertiary/aromatic N) is 1. The van der Waals surface area contributed by atoms with Crippen molar-refractivity contribution in [2.75, 3.05) is 4.72 Å². The fraction of sp³-hybridized carbons (Fsp3) is 0.0909. The average Bonchev–Trinajstić information content (AvgIpc) is 3.20. The molecule has 1 heterocycles. The summed E-state index contributed by atoms with van der Waals surface area (Å²) in [5.74, 6) is -0.421. The van der Waals surface area contributed by atoms with E-state index in [4.69, 9.17) is 11.6 Å². The minimum Gasteiger partial charge on any atom is -0.342 e. The highest BCUT2D eigenvalue weighted by atomic mass is 35.5. The van der Waals surface area contributed by atoms with E-state index in [1.807, 2.05) is 24.3 Å². The maximum Gasteiger partial charge on any atom is 0.263 e. The van der Waals surface area contributed by atoms with Gasteiger partial charge in [0.2, 0.25) is 0 Å². The van der Waals surface area contributed by atoms with Crippen LogP contribution < -0.4 is 10.0 Å². The molecule has 0 aliphatic carbocycles. The molecule has 7 nitrogen and oxygen atoms in total. The van der Waals surface area contributed by atoms with Crippen molar-refractivity contribution in [3.63, 3.8) is 0 Å². The molecular formula is C22H18ClFN4O3S. The molecule has 0 saturated heterocycles. The Morgan fingerprint density at radius 1 is 1.09 bits per heavy atom. The molecule has 1 unspecified atom stereocenters. The van der Waals surface area contributed by atoms with Crippen LogP contribution in [0.3, 0.4) is 0 Å². The number of hydrogen-bond acceptors (Lipinski definition) is 4. The molecule has 164 valence electrons. The molecule has 0 bridgehead atoms. The summed E-state index contributed by atoms with van der Waals surface area (Å²) in [5.41, 5.74) is 1.89. The Bertz CT molecular complexity index is 1370. The highest BCUT2D eigenvalue weighted by Crippen LogP contribution is 2.26. The number of aromatic amines is 1. The zero-order valence-corrected chi connectivity index (χ0v) is 18.3. The molecule has 0 fully saturated rings. The summed E-state index contributed by atoms with van der Waals surface area (Å²) in [7, 11) is -4.11. The number of carbonyl (C=O) groups is 1. The van der Waals surface area contributed by atoms with Crippen molar-refractivity contribution in [2.45, 2.75) is 17.9 Å². The van der Waals surface area contributed by atoms with Crippen molar-refractivity contribution in [2.24, 2.45) is 0 Å². The van der Waals surface area contributed by atoms with Gasteiger partial charge in [-0.15, -0.1) is 0 Å². The van der Waals surface area contributed by atoms with Crippen LogP contribution in [0.4, 0.5) is 10.1 Å². The second-order valence-corrected chi connectivity index (χ2v) is 9.15.